The molecule has 2 N–H and O–H groups in total. The lowest BCUT2D eigenvalue weighted by molar-refractivity contribution is -0.118. The fourth-order valence-corrected chi connectivity index (χ4v) is 4.68. The first-order valence-electron chi connectivity index (χ1n) is 9.87. The molecule has 1 aromatic heterocycles. The molecule has 0 radical (unpaired) electrons. The molecule has 0 aliphatic carbocycles. The smallest absolute Gasteiger partial charge is 0.286 e. The topological polar surface area (TPSA) is 87.2 Å². The normalized spacial score (nSPS) is 14.5. The van der Waals surface area contributed by atoms with Crippen LogP contribution in [0.4, 0.5) is 5.69 Å². The lowest BCUT2D eigenvalue weighted by Crippen LogP contribution is -2.38. The first kappa shape index (κ1) is 21.7. The van der Waals surface area contributed by atoms with Crippen LogP contribution in [0.2, 0.25) is 0 Å². The van der Waals surface area contributed by atoms with Gasteiger partial charge in [0.2, 0.25) is 10.9 Å². The van der Waals surface area contributed by atoms with Gasteiger partial charge in [-0.25, -0.2) is 0 Å². The van der Waals surface area contributed by atoms with Gasteiger partial charge in [-0.1, -0.05) is 35.5 Å². The third-order valence-electron chi connectivity index (χ3n) is 4.63. The van der Waals surface area contributed by atoms with Gasteiger partial charge < -0.3 is 15.5 Å². The number of thioether (sulfide) groups is 1. The van der Waals surface area contributed by atoms with Gasteiger partial charge in [0.25, 0.3) is 5.91 Å². The summed E-state index contributed by atoms with van der Waals surface area (Å²) in [5.74, 6) is 0.714. The van der Waals surface area contributed by atoms with Gasteiger partial charge in [0.05, 0.1) is 5.75 Å². The molecular weight excluding hydrogens is 406 g/mol. The van der Waals surface area contributed by atoms with Crippen LogP contribution in [0.1, 0.15) is 39.6 Å². The number of nitrogens with zero attached hydrogens (tertiary/aromatic N) is 3. The van der Waals surface area contributed by atoms with Crippen molar-refractivity contribution in [3.05, 3.63) is 39.8 Å². The van der Waals surface area contributed by atoms with E-state index in [0.717, 1.165) is 35.9 Å². The van der Waals surface area contributed by atoms with Gasteiger partial charge in [0, 0.05) is 24.5 Å². The number of anilines is 1. The van der Waals surface area contributed by atoms with E-state index in [9.17, 15) is 9.59 Å². The Balaban J connectivity index is 1.33. The molecule has 3 rings (SSSR count). The maximum atomic E-state index is 12.3. The highest BCUT2D eigenvalue weighted by molar-refractivity contribution is 7.99. The quantitative estimate of drug-likeness (QED) is 0.632. The van der Waals surface area contributed by atoms with Crippen molar-refractivity contribution in [2.75, 3.05) is 37.2 Å². The molecule has 2 amide bonds. The van der Waals surface area contributed by atoms with Crippen LogP contribution < -0.4 is 10.6 Å². The van der Waals surface area contributed by atoms with E-state index in [1.54, 1.807) is 0 Å². The standard InChI is InChI=1S/C20H27N5O2S2/c1-15-5-7-16(8-6-15)22-19(27)20-24-23-18(29-20)14-28-13-17(26)21-9-12-25-10-3-2-4-11-25/h5-8H,2-4,9-14H2,1H3,(H,21,26)(H,22,27). The van der Waals surface area contributed by atoms with Crippen LogP contribution in [-0.2, 0) is 10.5 Å². The predicted octanol–water partition coefficient (Wildman–Crippen LogP) is 2.93. The number of amides is 2. The molecule has 0 atom stereocenters. The Morgan fingerprint density at radius 1 is 1.14 bits per heavy atom. The molecule has 1 aromatic carbocycles. The molecule has 1 aliphatic heterocycles. The summed E-state index contributed by atoms with van der Waals surface area (Å²) in [5.41, 5.74) is 1.86. The lowest BCUT2D eigenvalue weighted by atomic mass is 10.1. The number of nitrogens with one attached hydrogen (secondary N) is 2. The van der Waals surface area contributed by atoms with E-state index in [4.69, 9.17) is 0 Å². The zero-order valence-corrected chi connectivity index (χ0v) is 18.3. The lowest BCUT2D eigenvalue weighted by Gasteiger charge is -2.26. The van der Waals surface area contributed by atoms with E-state index in [2.05, 4.69) is 25.7 Å². The van der Waals surface area contributed by atoms with Crippen LogP contribution in [-0.4, -0.2) is 58.8 Å². The Morgan fingerprint density at radius 2 is 1.90 bits per heavy atom. The Labute approximate surface area is 179 Å². The molecule has 1 saturated heterocycles. The molecule has 7 nitrogen and oxygen atoms in total. The predicted molar refractivity (Wildman–Crippen MR) is 119 cm³/mol. The monoisotopic (exact) mass is 433 g/mol. The summed E-state index contributed by atoms with van der Waals surface area (Å²) in [6.45, 7) is 5.89. The van der Waals surface area contributed by atoms with Gasteiger partial charge >= 0.3 is 0 Å². The number of benzene rings is 1. The third-order valence-corrected chi connectivity index (χ3v) is 6.68. The minimum atomic E-state index is -0.266. The molecule has 0 bridgehead atoms. The van der Waals surface area contributed by atoms with Gasteiger partial charge in [-0.15, -0.1) is 22.0 Å². The van der Waals surface area contributed by atoms with E-state index >= 15 is 0 Å². The molecule has 1 aliphatic rings. The number of piperidine rings is 1. The summed E-state index contributed by atoms with van der Waals surface area (Å²) in [6, 6.07) is 7.59. The van der Waals surface area contributed by atoms with Crippen molar-refractivity contribution in [2.24, 2.45) is 0 Å². The minimum Gasteiger partial charge on any atom is -0.354 e. The number of hydrogen-bond acceptors (Lipinski definition) is 7. The van der Waals surface area contributed by atoms with Crippen LogP contribution in [0.5, 0.6) is 0 Å². The Kier molecular flexibility index (Phi) is 8.45. The SMILES string of the molecule is Cc1ccc(NC(=O)c2nnc(CSCC(=O)NCCN3CCCCC3)s2)cc1. The van der Waals surface area contributed by atoms with E-state index in [0.29, 0.717) is 23.1 Å². The van der Waals surface area contributed by atoms with E-state index in [-0.39, 0.29) is 11.8 Å². The number of aromatic nitrogens is 2. The number of aryl methyl sites for hydroxylation is 1. The number of carbonyl (C=O) groups excluding carboxylic acids is 2. The van der Waals surface area contributed by atoms with E-state index in [1.165, 1.54) is 42.4 Å². The first-order chi connectivity index (χ1) is 14.1. The number of hydrogen-bond donors (Lipinski definition) is 2. The molecule has 2 heterocycles. The van der Waals surface area contributed by atoms with Crippen LogP contribution in [0.3, 0.4) is 0 Å². The van der Waals surface area contributed by atoms with Crippen LogP contribution in [0.15, 0.2) is 24.3 Å². The fourth-order valence-electron chi connectivity index (χ4n) is 3.04. The molecule has 29 heavy (non-hydrogen) atoms. The first-order valence-corrected chi connectivity index (χ1v) is 11.8. The molecule has 9 heteroatoms. The minimum absolute atomic E-state index is 0.0360. The average molecular weight is 434 g/mol. The molecule has 0 unspecified atom stereocenters. The highest BCUT2D eigenvalue weighted by atomic mass is 32.2. The van der Waals surface area contributed by atoms with Gasteiger partial charge in [0.15, 0.2) is 0 Å². The second-order valence-corrected chi connectivity index (χ2v) is 9.11. The van der Waals surface area contributed by atoms with Crippen molar-refractivity contribution in [1.29, 1.82) is 0 Å². The van der Waals surface area contributed by atoms with Crippen molar-refractivity contribution >= 4 is 40.6 Å². The Bertz CT molecular complexity index is 803. The van der Waals surface area contributed by atoms with Crippen molar-refractivity contribution in [1.82, 2.24) is 20.4 Å². The third kappa shape index (κ3) is 7.41. The van der Waals surface area contributed by atoms with Crippen LogP contribution >= 0.6 is 23.1 Å². The number of rotatable bonds is 9. The van der Waals surface area contributed by atoms with Gasteiger partial charge in [-0.3, -0.25) is 9.59 Å². The summed E-state index contributed by atoms with van der Waals surface area (Å²) in [7, 11) is 0. The zero-order valence-electron chi connectivity index (χ0n) is 16.6. The van der Waals surface area contributed by atoms with E-state index < -0.39 is 0 Å². The molecule has 2 aromatic rings. The largest absolute Gasteiger partial charge is 0.354 e. The van der Waals surface area contributed by atoms with Gasteiger partial charge in [-0.05, 0) is 45.0 Å². The average Bonchev–Trinajstić information content (AvgIpc) is 3.20. The fraction of sp³-hybridized carbons (Fsp3) is 0.500. The van der Waals surface area contributed by atoms with Crippen molar-refractivity contribution in [2.45, 2.75) is 31.9 Å². The van der Waals surface area contributed by atoms with Gasteiger partial charge in [-0.2, -0.15) is 0 Å². The van der Waals surface area contributed by atoms with Crippen LogP contribution in [0, 0.1) is 6.92 Å². The highest BCUT2D eigenvalue weighted by Gasteiger charge is 2.14. The Hall–Kier alpha value is -1.97. The zero-order chi connectivity index (χ0) is 20.5. The Morgan fingerprint density at radius 3 is 2.66 bits per heavy atom. The summed E-state index contributed by atoms with van der Waals surface area (Å²) >= 11 is 2.74. The molecule has 156 valence electrons. The van der Waals surface area contributed by atoms with Crippen molar-refractivity contribution in [3.63, 3.8) is 0 Å². The van der Waals surface area contributed by atoms with Gasteiger partial charge in [0.1, 0.15) is 5.01 Å². The highest BCUT2D eigenvalue weighted by Crippen LogP contribution is 2.18. The second kappa shape index (κ2) is 11.3. The number of carbonyl (C=O) groups is 2. The summed E-state index contributed by atoms with van der Waals surface area (Å²) in [5, 5.41) is 14.9. The molecule has 1 fully saturated rings. The van der Waals surface area contributed by atoms with Crippen LogP contribution in [0.25, 0.3) is 0 Å². The molecule has 0 saturated carbocycles. The van der Waals surface area contributed by atoms with Crippen molar-refractivity contribution < 1.29 is 9.59 Å². The maximum absolute atomic E-state index is 12.3. The molecular formula is C20H27N5O2S2. The summed E-state index contributed by atoms with van der Waals surface area (Å²) in [4.78, 5) is 26.6. The van der Waals surface area contributed by atoms with E-state index in [1.807, 2.05) is 31.2 Å². The second-order valence-electron chi connectivity index (χ2n) is 7.07. The summed E-state index contributed by atoms with van der Waals surface area (Å²) < 4.78 is 0. The maximum Gasteiger partial charge on any atom is 0.286 e. The molecule has 0 spiro atoms. The number of likely N-dealkylation sites (tertiary alicyclic amines) is 1. The van der Waals surface area contributed by atoms with Crippen molar-refractivity contribution in [3.8, 4) is 0 Å². The summed E-state index contributed by atoms with van der Waals surface area (Å²) in [6.07, 6.45) is 3.84.